The molecular formula is C17H15NO5. The predicted octanol–water partition coefficient (Wildman–Crippen LogP) is 2.73. The van der Waals surface area contributed by atoms with Gasteiger partial charge >= 0.3 is 11.9 Å². The number of hydrogen-bond donors (Lipinski definition) is 0. The molecule has 0 N–H and O–H groups in total. The van der Waals surface area contributed by atoms with Crippen LogP contribution in [0.25, 0.3) is 0 Å². The summed E-state index contributed by atoms with van der Waals surface area (Å²) in [5, 5.41) is 0. The summed E-state index contributed by atoms with van der Waals surface area (Å²) in [6, 6.07) is 12.1. The molecule has 118 valence electrons. The molecule has 2 heterocycles. The highest BCUT2D eigenvalue weighted by atomic mass is 16.6. The van der Waals surface area contributed by atoms with Crippen LogP contribution in [0.2, 0.25) is 0 Å². The minimum absolute atomic E-state index is 0.128. The lowest BCUT2D eigenvalue weighted by atomic mass is 10.2. The minimum atomic E-state index is -0.887. The lowest BCUT2D eigenvalue weighted by Crippen LogP contribution is -2.23. The Bertz CT molecular complexity index is 716. The number of carbonyl (C=O) groups excluding carboxylic acids is 2. The molecule has 0 unspecified atom stereocenters. The second-order valence-electron chi connectivity index (χ2n) is 5.15. The average molecular weight is 313 g/mol. The van der Waals surface area contributed by atoms with E-state index in [1.165, 1.54) is 12.3 Å². The lowest BCUT2D eigenvalue weighted by Gasteiger charge is -2.11. The van der Waals surface area contributed by atoms with Gasteiger partial charge in [-0.05, 0) is 31.2 Å². The number of rotatable bonds is 4. The van der Waals surface area contributed by atoms with Gasteiger partial charge in [0.1, 0.15) is 17.4 Å². The zero-order valence-electron chi connectivity index (χ0n) is 12.5. The lowest BCUT2D eigenvalue weighted by molar-refractivity contribution is -0.147. The van der Waals surface area contributed by atoms with Gasteiger partial charge in [0.2, 0.25) is 12.0 Å². The molecule has 1 aliphatic heterocycles. The van der Waals surface area contributed by atoms with E-state index in [1.54, 1.807) is 25.1 Å². The van der Waals surface area contributed by atoms with Gasteiger partial charge < -0.3 is 14.2 Å². The number of para-hydroxylation sites is 1. The Morgan fingerprint density at radius 2 is 2.00 bits per heavy atom. The second-order valence-corrected chi connectivity index (χ2v) is 5.15. The van der Waals surface area contributed by atoms with Crippen molar-refractivity contribution in [2.45, 2.75) is 25.6 Å². The third-order valence-electron chi connectivity index (χ3n) is 3.32. The molecule has 1 aromatic heterocycles. The van der Waals surface area contributed by atoms with Gasteiger partial charge in [0.05, 0.1) is 0 Å². The fourth-order valence-electron chi connectivity index (χ4n) is 2.24. The first-order valence-corrected chi connectivity index (χ1v) is 7.23. The molecule has 1 aliphatic rings. The number of esters is 2. The van der Waals surface area contributed by atoms with Crippen molar-refractivity contribution in [1.82, 2.24) is 4.98 Å². The summed E-state index contributed by atoms with van der Waals surface area (Å²) >= 11 is 0. The van der Waals surface area contributed by atoms with Crippen LogP contribution < -0.4 is 4.74 Å². The van der Waals surface area contributed by atoms with Crippen LogP contribution in [-0.4, -0.2) is 29.1 Å². The van der Waals surface area contributed by atoms with Crippen LogP contribution in [0.3, 0.4) is 0 Å². The number of cyclic esters (lactones) is 1. The predicted molar refractivity (Wildman–Crippen MR) is 80.1 cm³/mol. The Labute approximate surface area is 133 Å². The summed E-state index contributed by atoms with van der Waals surface area (Å²) in [6.45, 7) is 1.75. The molecule has 0 saturated carbocycles. The van der Waals surface area contributed by atoms with E-state index < -0.39 is 18.0 Å². The Morgan fingerprint density at radius 3 is 2.70 bits per heavy atom. The van der Waals surface area contributed by atoms with Crippen LogP contribution in [-0.2, 0) is 14.3 Å². The highest BCUT2D eigenvalue weighted by Gasteiger charge is 2.35. The maximum atomic E-state index is 12.3. The summed E-state index contributed by atoms with van der Waals surface area (Å²) in [6.07, 6.45) is 0.720. The molecule has 1 fully saturated rings. The number of nitrogens with zero attached hydrogens (tertiary/aromatic N) is 1. The van der Waals surface area contributed by atoms with Gasteiger partial charge in [-0.3, -0.25) is 0 Å². The Morgan fingerprint density at radius 1 is 1.22 bits per heavy atom. The van der Waals surface area contributed by atoms with Gasteiger partial charge in [-0.15, -0.1) is 0 Å². The summed E-state index contributed by atoms with van der Waals surface area (Å²) in [5.74, 6) is -0.516. The fourth-order valence-corrected chi connectivity index (χ4v) is 2.24. The first kappa shape index (κ1) is 15.0. The Balaban J connectivity index is 1.77. The van der Waals surface area contributed by atoms with Crippen LogP contribution in [0.4, 0.5) is 0 Å². The molecule has 2 atom stereocenters. The molecule has 1 aromatic carbocycles. The van der Waals surface area contributed by atoms with Crippen molar-refractivity contribution in [3.05, 3.63) is 54.2 Å². The Hall–Kier alpha value is -2.89. The molecule has 3 rings (SSSR count). The van der Waals surface area contributed by atoms with E-state index in [0.29, 0.717) is 12.2 Å². The van der Waals surface area contributed by atoms with Crippen LogP contribution in [0.1, 0.15) is 23.7 Å². The smallest absolute Gasteiger partial charge is 0.347 e. The molecule has 0 radical (unpaired) electrons. The Kier molecular flexibility index (Phi) is 4.23. The van der Waals surface area contributed by atoms with Crippen LogP contribution in [0, 0.1) is 0 Å². The highest BCUT2D eigenvalue weighted by molar-refractivity contribution is 5.93. The van der Waals surface area contributed by atoms with E-state index in [4.69, 9.17) is 14.2 Å². The maximum absolute atomic E-state index is 12.3. The zero-order valence-corrected chi connectivity index (χ0v) is 12.5. The normalized spacial score (nSPS) is 20.0. The van der Waals surface area contributed by atoms with Crippen molar-refractivity contribution >= 4 is 11.9 Å². The second kappa shape index (κ2) is 6.48. The van der Waals surface area contributed by atoms with Crippen molar-refractivity contribution in [3.63, 3.8) is 0 Å². The summed E-state index contributed by atoms with van der Waals surface area (Å²) in [4.78, 5) is 28.0. The molecule has 2 aromatic rings. The van der Waals surface area contributed by atoms with Crippen LogP contribution in [0.5, 0.6) is 11.6 Å². The van der Waals surface area contributed by atoms with Gasteiger partial charge in [-0.1, -0.05) is 18.2 Å². The van der Waals surface area contributed by atoms with Gasteiger partial charge in [0.25, 0.3) is 0 Å². The first-order valence-electron chi connectivity index (χ1n) is 7.23. The third-order valence-corrected chi connectivity index (χ3v) is 3.32. The van der Waals surface area contributed by atoms with Crippen molar-refractivity contribution in [1.29, 1.82) is 0 Å². The van der Waals surface area contributed by atoms with Gasteiger partial charge in [-0.25, -0.2) is 14.6 Å². The molecular weight excluding hydrogens is 298 g/mol. The van der Waals surface area contributed by atoms with E-state index in [9.17, 15) is 9.59 Å². The van der Waals surface area contributed by atoms with Crippen molar-refractivity contribution in [2.75, 3.05) is 0 Å². The summed E-state index contributed by atoms with van der Waals surface area (Å²) in [7, 11) is 0. The van der Waals surface area contributed by atoms with E-state index in [-0.39, 0.29) is 17.5 Å². The SMILES string of the molecule is C[C@@H]1C[C@@H](OC(=O)c2cccnc2Oc2ccccc2)C(=O)O1. The highest BCUT2D eigenvalue weighted by Crippen LogP contribution is 2.25. The van der Waals surface area contributed by atoms with E-state index in [0.717, 1.165) is 0 Å². The minimum Gasteiger partial charge on any atom is -0.460 e. The molecule has 0 amide bonds. The largest absolute Gasteiger partial charge is 0.460 e. The standard InChI is InChI=1S/C17H15NO5/c1-11-10-14(17(20)21-11)23-16(19)13-8-5-9-18-15(13)22-12-6-3-2-4-7-12/h2-9,11,14H,10H2,1H3/t11-,14-/m1/s1. The molecule has 6 nitrogen and oxygen atoms in total. The number of aromatic nitrogens is 1. The quantitative estimate of drug-likeness (QED) is 0.808. The number of hydrogen-bond acceptors (Lipinski definition) is 6. The summed E-state index contributed by atoms with van der Waals surface area (Å²) < 4.78 is 15.8. The zero-order chi connectivity index (χ0) is 16.2. The third kappa shape index (κ3) is 3.48. The monoisotopic (exact) mass is 313 g/mol. The van der Waals surface area contributed by atoms with Crippen molar-refractivity contribution in [3.8, 4) is 11.6 Å². The number of ether oxygens (including phenoxy) is 3. The van der Waals surface area contributed by atoms with Gasteiger partial charge in [-0.2, -0.15) is 0 Å². The van der Waals surface area contributed by atoms with E-state index in [2.05, 4.69) is 4.98 Å². The van der Waals surface area contributed by atoms with Crippen LogP contribution in [0.15, 0.2) is 48.7 Å². The number of carbonyl (C=O) groups is 2. The van der Waals surface area contributed by atoms with Gasteiger partial charge in [0, 0.05) is 12.6 Å². The van der Waals surface area contributed by atoms with Crippen molar-refractivity contribution in [2.24, 2.45) is 0 Å². The molecule has 0 bridgehead atoms. The van der Waals surface area contributed by atoms with E-state index in [1.807, 2.05) is 18.2 Å². The molecule has 23 heavy (non-hydrogen) atoms. The molecule has 1 saturated heterocycles. The van der Waals surface area contributed by atoms with E-state index >= 15 is 0 Å². The molecule has 6 heteroatoms. The molecule has 0 aliphatic carbocycles. The molecule has 0 spiro atoms. The maximum Gasteiger partial charge on any atom is 0.347 e. The van der Waals surface area contributed by atoms with Gasteiger partial charge in [0.15, 0.2) is 0 Å². The number of pyridine rings is 1. The average Bonchev–Trinajstić information content (AvgIpc) is 2.86. The first-order chi connectivity index (χ1) is 11.1. The van der Waals surface area contributed by atoms with Crippen LogP contribution >= 0.6 is 0 Å². The topological polar surface area (TPSA) is 74.7 Å². The fraction of sp³-hybridized carbons (Fsp3) is 0.235. The summed E-state index contributed by atoms with van der Waals surface area (Å²) in [5.41, 5.74) is 0.156. The number of benzene rings is 1. The van der Waals surface area contributed by atoms with Crippen molar-refractivity contribution < 1.29 is 23.8 Å².